The molecule has 3 aliphatic rings. The van der Waals surface area contributed by atoms with Gasteiger partial charge in [0, 0.05) is 30.7 Å². The van der Waals surface area contributed by atoms with Crippen molar-refractivity contribution in [2.45, 2.75) is 88.8 Å². The van der Waals surface area contributed by atoms with Crippen LogP contribution in [-0.2, 0) is 49.8 Å². The Morgan fingerprint density at radius 1 is 1.06 bits per heavy atom. The van der Waals surface area contributed by atoms with Gasteiger partial charge in [-0.25, -0.2) is 0 Å². The van der Waals surface area contributed by atoms with E-state index in [1.807, 2.05) is 30.4 Å². The van der Waals surface area contributed by atoms with Crippen LogP contribution in [0.3, 0.4) is 0 Å². The van der Waals surface area contributed by atoms with E-state index in [-0.39, 0.29) is 11.8 Å². The zero-order valence-electron chi connectivity index (χ0n) is 21.2. The first-order chi connectivity index (χ1) is 17.3. The molecule has 3 unspecified atom stereocenters. The molecule has 4 nitrogen and oxygen atoms in total. The summed E-state index contributed by atoms with van der Waals surface area (Å²) in [6, 6.07) is 8.98. The fourth-order valence-electron chi connectivity index (χ4n) is 5.04. The third-order valence-electron chi connectivity index (χ3n) is 6.95. The van der Waals surface area contributed by atoms with Crippen molar-refractivity contribution >= 4 is 75.7 Å². The molecule has 0 aromatic heterocycles. The molecule has 4 rings (SSSR count). The second-order valence-electron chi connectivity index (χ2n) is 9.95. The number of thioether (sulfide) groups is 2. The van der Waals surface area contributed by atoms with Gasteiger partial charge in [0.2, 0.25) is 11.8 Å². The first-order valence-corrected chi connectivity index (χ1v) is 19.9. The number of hydrogen-bond donors (Lipinski definition) is 2. The average molecular weight is 605 g/mol. The Morgan fingerprint density at radius 3 is 2.28 bits per heavy atom. The van der Waals surface area contributed by atoms with E-state index in [9.17, 15) is 9.59 Å². The van der Waals surface area contributed by atoms with Crippen LogP contribution in [0.25, 0.3) is 0 Å². The van der Waals surface area contributed by atoms with Crippen molar-refractivity contribution < 1.29 is 9.59 Å². The van der Waals surface area contributed by atoms with Crippen molar-refractivity contribution in [2.24, 2.45) is 11.8 Å². The minimum atomic E-state index is -2.46. The molecular weight excluding hydrogens is 565 g/mol. The SMILES string of the molecule is CCC(=O)N(C1CC2CCCCCCC(CCC(=O)N1)CSCc1cccc(c1)CSC2)S(=S)(=S)S. The van der Waals surface area contributed by atoms with Crippen LogP contribution in [0.5, 0.6) is 0 Å². The van der Waals surface area contributed by atoms with Crippen molar-refractivity contribution in [1.82, 2.24) is 9.62 Å². The lowest BCUT2D eigenvalue weighted by atomic mass is 9.94. The Kier molecular flexibility index (Phi) is 13.2. The summed E-state index contributed by atoms with van der Waals surface area (Å²) >= 11 is 19.6. The van der Waals surface area contributed by atoms with Gasteiger partial charge in [-0.3, -0.25) is 13.9 Å². The lowest BCUT2D eigenvalue weighted by Gasteiger charge is -2.35. The van der Waals surface area contributed by atoms with Crippen LogP contribution >= 0.6 is 35.2 Å². The molecular formula is C26H40N2O2S6. The van der Waals surface area contributed by atoms with Crippen molar-refractivity contribution in [1.29, 1.82) is 0 Å². The van der Waals surface area contributed by atoms with E-state index < -0.39 is 12.5 Å². The van der Waals surface area contributed by atoms with Gasteiger partial charge in [0.15, 0.2) is 0 Å². The van der Waals surface area contributed by atoms with Crippen LogP contribution in [0.15, 0.2) is 24.3 Å². The van der Waals surface area contributed by atoms with Crippen LogP contribution in [0.2, 0.25) is 0 Å². The second kappa shape index (κ2) is 15.6. The minimum Gasteiger partial charge on any atom is -0.335 e. The summed E-state index contributed by atoms with van der Waals surface area (Å²) in [6.45, 7) is 1.81. The lowest BCUT2D eigenvalue weighted by molar-refractivity contribution is -0.129. The summed E-state index contributed by atoms with van der Waals surface area (Å²) in [5.74, 6) is 4.78. The normalized spacial score (nSPS) is 25.4. The Hall–Kier alpha value is 0.000000000000000222. The monoisotopic (exact) mass is 604 g/mol. The Bertz CT molecular complexity index is 971. The topological polar surface area (TPSA) is 49.4 Å². The molecule has 1 N–H and O–H groups in total. The number of thiol groups is 1. The van der Waals surface area contributed by atoms with Gasteiger partial charge < -0.3 is 5.32 Å². The summed E-state index contributed by atoms with van der Waals surface area (Å²) in [7, 11) is 0. The van der Waals surface area contributed by atoms with E-state index in [1.165, 1.54) is 43.2 Å². The van der Waals surface area contributed by atoms with Crippen LogP contribution in [0, 0.1) is 11.8 Å². The molecule has 0 spiro atoms. The van der Waals surface area contributed by atoms with E-state index in [4.69, 9.17) is 22.4 Å². The highest BCUT2D eigenvalue weighted by molar-refractivity contribution is 8.92. The first-order valence-electron chi connectivity index (χ1n) is 13.1. The molecule has 2 amide bonds. The van der Waals surface area contributed by atoms with E-state index in [0.29, 0.717) is 31.1 Å². The molecule has 3 atom stereocenters. The van der Waals surface area contributed by atoms with Crippen LogP contribution in [0.1, 0.15) is 82.3 Å². The maximum absolute atomic E-state index is 13.2. The number of fused-ring (bicyclic) bond motifs is 14. The molecule has 10 heteroatoms. The van der Waals surface area contributed by atoms with Crippen molar-refractivity contribution in [3.8, 4) is 0 Å². The van der Waals surface area contributed by atoms with E-state index in [1.54, 1.807) is 4.31 Å². The summed E-state index contributed by atoms with van der Waals surface area (Å²) in [4.78, 5) is 26.2. The third-order valence-corrected chi connectivity index (χ3v) is 11.9. The average Bonchev–Trinajstić information content (AvgIpc) is 2.82. The molecule has 4 bridgehead atoms. The zero-order valence-corrected chi connectivity index (χ0v) is 26.2. The predicted molar refractivity (Wildman–Crippen MR) is 167 cm³/mol. The van der Waals surface area contributed by atoms with Crippen molar-refractivity contribution in [3.63, 3.8) is 0 Å². The predicted octanol–water partition coefficient (Wildman–Crippen LogP) is 6.44. The number of benzene rings is 1. The third kappa shape index (κ3) is 10.3. The van der Waals surface area contributed by atoms with Gasteiger partial charge >= 0.3 is 0 Å². The van der Waals surface area contributed by atoms with Gasteiger partial charge in [0.1, 0.15) is 6.17 Å². The van der Waals surface area contributed by atoms with Gasteiger partial charge in [-0.15, -0.1) is 0 Å². The van der Waals surface area contributed by atoms with E-state index in [2.05, 4.69) is 41.2 Å². The number of amides is 2. The number of nitrogens with zero attached hydrogens (tertiary/aromatic N) is 1. The lowest BCUT2D eigenvalue weighted by Crippen LogP contribution is -2.52. The molecule has 36 heavy (non-hydrogen) atoms. The first kappa shape index (κ1) is 30.5. The largest absolute Gasteiger partial charge is 0.335 e. The number of hydrogen-bond acceptors (Lipinski definition) is 6. The highest BCUT2D eigenvalue weighted by Gasteiger charge is 2.31. The van der Waals surface area contributed by atoms with Gasteiger partial charge in [-0.05, 0) is 82.5 Å². The smallest absolute Gasteiger partial charge is 0.234 e. The van der Waals surface area contributed by atoms with Crippen LogP contribution in [0.4, 0.5) is 0 Å². The van der Waals surface area contributed by atoms with Crippen molar-refractivity contribution in [3.05, 3.63) is 35.4 Å². The quantitative estimate of drug-likeness (QED) is 0.306. The summed E-state index contributed by atoms with van der Waals surface area (Å²) < 4.78 is 1.55. The van der Waals surface area contributed by atoms with Crippen LogP contribution < -0.4 is 5.32 Å². The number of carbonyl (C=O) groups excluding carboxylic acids is 2. The summed E-state index contributed by atoms with van der Waals surface area (Å²) in [6.07, 6.45) is 6.50. The fourth-order valence-corrected chi connectivity index (χ4v) is 9.99. The minimum absolute atomic E-state index is 0.00896. The zero-order chi connectivity index (χ0) is 26.0. The molecule has 1 saturated heterocycles. The van der Waals surface area contributed by atoms with Gasteiger partial charge in [0.05, 0.1) is 0 Å². The molecule has 0 aliphatic carbocycles. The Labute approximate surface area is 241 Å². The maximum Gasteiger partial charge on any atom is 0.234 e. The Morgan fingerprint density at radius 2 is 1.67 bits per heavy atom. The van der Waals surface area contributed by atoms with E-state index in [0.717, 1.165) is 35.9 Å². The second-order valence-corrected chi connectivity index (χ2v) is 19.9. The highest BCUT2D eigenvalue weighted by Crippen LogP contribution is 2.30. The Balaban J connectivity index is 1.92. The molecule has 1 fully saturated rings. The molecule has 0 saturated carbocycles. The standard InChI is InChI=1S/C26H40N2O2S6/c1-2-26(30)28(36(31,32)33)24-15-23-9-6-4-3-5-8-20(12-13-25(29)27-24)16-34-17-21-10-7-11-22(14-21)18-35-19-23/h7,10-11,14,20,23-24H,2-6,8-9,12-13,15-19H2,1H3,(H,27,29)(H,31,32,33). The molecule has 3 aliphatic heterocycles. The molecule has 202 valence electrons. The number of nitrogens with one attached hydrogen (secondary N) is 1. The molecule has 1 aromatic carbocycles. The number of carbonyl (C=O) groups is 2. The van der Waals surface area contributed by atoms with Crippen LogP contribution in [-0.4, -0.2) is 33.8 Å². The highest BCUT2D eigenvalue weighted by atomic mass is 33.5. The molecule has 3 heterocycles. The summed E-state index contributed by atoms with van der Waals surface area (Å²) in [5, 5.41) is 3.20. The van der Waals surface area contributed by atoms with Crippen molar-refractivity contribution in [2.75, 3.05) is 11.5 Å². The maximum atomic E-state index is 13.2. The van der Waals surface area contributed by atoms with Gasteiger partial charge in [0.25, 0.3) is 0 Å². The molecule has 0 radical (unpaired) electrons. The number of rotatable bonds is 3. The van der Waals surface area contributed by atoms with Gasteiger partial charge in [-0.2, -0.15) is 23.5 Å². The molecule has 1 aromatic rings. The van der Waals surface area contributed by atoms with E-state index >= 15 is 0 Å². The summed E-state index contributed by atoms with van der Waals surface area (Å²) in [5.41, 5.74) is 2.75. The fraction of sp³-hybridized carbons (Fsp3) is 0.692. The van der Waals surface area contributed by atoms with Gasteiger partial charge in [-0.1, -0.05) is 68.5 Å².